The van der Waals surface area contributed by atoms with Crippen molar-refractivity contribution in [2.24, 2.45) is 5.73 Å². The second-order valence-electron chi connectivity index (χ2n) is 3.28. The van der Waals surface area contributed by atoms with Crippen LogP contribution in [0.15, 0.2) is 12.3 Å². The predicted octanol–water partition coefficient (Wildman–Crippen LogP) is -0.262. The minimum atomic E-state index is -0.634. The number of pyridine rings is 1. The van der Waals surface area contributed by atoms with Gasteiger partial charge in [-0.1, -0.05) is 0 Å². The van der Waals surface area contributed by atoms with E-state index >= 15 is 0 Å². The van der Waals surface area contributed by atoms with Gasteiger partial charge in [0, 0.05) is 6.54 Å². The number of anilines is 2. The van der Waals surface area contributed by atoms with Gasteiger partial charge in [-0.3, -0.25) is 9.59 Å². The van der Waals surface area contributed by atoms with Crippen molar-refractivity contribution >= 4 is 23.4 Å². The molecule has 0 saturated heterocycles. The highest BCUT2D eigenvalue weighted by atomic mass is 16.5. The molecule has 0 fully saturated rings. The maximum absolute atomic E-state index is 11.1. The summed E-state index contributed by atoms with van der Waals surface area (Å²) in [6, 6.07) is 1.43. The van der Waals surface area contributed by atoms with Crippen molar-refractivity contribution in [2.75, 3.05) is 24.7 Å². The highest BCUT2D eigenvalue weighted by molar-refractivity contribution is 5.98. The number of nitrogen functional groups attached to an aromatic ring is 1. The number of carbonyl (C=O) groups excluding carboxylic acids is 2. The van der Waals surface area contributed by atoms with E-state index in [1.807, 2.05) is 0 Å². The first-order valence-corrected chi connectivity index (χ1v) is 4.90. The smallest absolute Gasteiger partial charge is 0.307 e. The first kappa shape index (κ1) is 12.8. The number of amides is 1. The molecule has 92 valence electrons. The van der Waals surface area contributed by atoms with Gasteiger partial charge in [0.15, 0.2) is 0 Å². The first-order valence-electron chi connectivity index (χ1n) is 4.90. The van der Waals surface area contributed by atoms with Crippen LogP contribution in [-0.2, 0) is 9.53 Å². The summed E-state index contributed by atoms with van der Waals surface area (Å²) in [7, 11) is 1.30. The van der Waals surface area contributed by atoms with Crippen LogP contribution in [0.4, 0.5) is 11.5 Å². The summed E-state index contributed by atoms with van der Waals surface area (Å²) in [5.41, 5.74) is 11.2. The second-order valence-corrected chi connectivity index (χ2v) is 3.28. The van der Waals surface area contributed by atoms with Gasteiger partial charge in [0.05, 0.1) is 31.0 Å². The summed E-state index contributed by atoms with van der Waals surface area (Å²) in [4.78, 5) is 25.9. The number of methoxy groups -OCH3 is 1. The molecular weight excluding hydrogens is 224 g/mol. The summed E-state index contributed by atoms with van der Waals surface area (Å²) >= 11 is 0. The Morgan fingerprint density at radius 3 is 2.82 bits per heavy atom. The second kappa shape index (κ2) is 5.69. The fourth-order valence-electron chi connectivity index (χ4n) is 1.19. The van der Waals surface area contributed by atoms with Gasteiger partial charge in [-0.2, -0.15) is 0 Å². The molecule has 0 aliphatic heterocycles. The molecule has 0 radical (unpaired) electrons. The summed E-state index contributed by atoms with van der Waals surface area (Å²) in [5, 5.41) is 2.82. The number of carbonyl (C=O) groups is 2. The van der Waals surface area contributed by atoms with E-state index < -0.39 is 5.91 Å². The normalized spacial score (nSPS) is 9.71. The van der Waals surface area contributed by atoms with E-state index in [0.717, 1.165) is 0 Å². The average molecular weight is 238 g/mol. The zero-order valence-electron chi connectivity index (χ0n) is 9.40. The van der Waals surface area contributed by atoms with Gasteiger partial charge in [0.1, 0.15) is 5.82 Å². The summed E-state index contributed by atoms with van der Waals surface area (Å²) in [6.07, 6.45) is 1.56. The largest absolute Gasteiger partial charge is 0.469 e. The Morgan fingerprint density at radius 1 is 1.53 bits per heavy atom. The third-order valence-electron chi connectivity index (χ3n) is 2.02. The summed E-state index contributed by atoms with van der Waals surface area (Å²) in [6.45, 7) is 0.296. The molecule has 0 spiro atoms. The van der Waals surface area contributed by atoms with Crippen LogP contribution in [-0.4, -0.2) is 30.5 Å². The lowest BCUT2D eigenvalue weighted by molar-refractivity contribution is -0.140. The highest BCUT2D eigenvalue weighted by Gasteiger charge is 2.10. The summed E-state index contributed by atoms with van der Waals surface area (Å²) in [5.74, 6) is -0.686. The highest BCUT2D eigenvalue weighted by Crippen LogP contribution is 2.14. The SMILES string of the molecule is COC(=O)CCNc1ncc(N)cc1C(N)=O. The third kappa shape index (κ3) is 3.63. The molecule has 7 heteroatoms. The number of ether oxygens (including phenoxy) is 1. The lowest BCUT2D eigenvalue weighted by atomic mass is 10.2. The van der Waals surface area contributed by atoms with E-state index in [4.69, 9.17) is 11.5 Å². The fraction of sp³-hybridized carbons (Fsp3) is 0.300. The molecule has 1 amide bonds. The number of primary amides is 1. The lowest BCUT2D eigenvalue weighted by Gasteiger charge is -2.08. The first-order chi connectivity index (χ1) is 8.04. The number of nitrogens with one attached hydrogen (secondary N) is 1. The van der Waals surface area contributed by atoms with Crippen LogP contribution in [0.5, 0.6) is 0 Å². The Morgan fingerprint density at radius 2 is 2.24 bits per heavy atom. The van der Waals surface area contributed by atoms with Gasteiger partial charge in [-0.15, -0.1) is 0 Å². The number of aromatic nitrogens is 1. The monoisotopic (exact) mass is 238 g/mol. The molecular formula is C10H14N4O3. The average Bonchev–Trinajstić information content (AvgIpc) is 2.30. The van der Waals surface area contributed by atoms with Crippen LogP contribution < -0.4 is 16.8 Å². The predicted molar refractivity (Wildman–Crippen MR) is 62.3 cm³/mol. The number of nitrogens with two attached hydrogens (primary N) is 2. The molecule has 17 heavy (non-hydrogen) atoms. The van der Waals surface area contributed by atoms with Gasteiger partial charge in [-0.05, 0) is 6.07 Å². The van der Waals surface area contributed by atoms with E-state index in [1.54, 1.807) is 0 Å². The third-order valence-corrected chi connectivity index (χ3v) is 2.02. The zero-order chi connectivity index (χ0) is 12.8. The van der Waals surface area contributed by atoms with Crippen molar-refractivity contribution in [3.05, 3.63) is 17.8 Å². The van der Waals surface area contributed by atoms with Crippen LogP contribution in [0.1, 0.15) is 16.8 Å². The minimum absolute atomic E-state index is 0.167. The van der Waals surface area contributed by atoms with E-state index in [0.29, 0.717) is 18.1 Å². The van der Waals surface area contributed by atoms with Crippen LogP contribution in [0.2, 0.25) is 0 Å². The van der Waals surface area contributed by atoms with Crippen molar-refractivity contribution in [1.29, 1.82) is 0 Å². The van der Waals surface area contributed by atoms with Crippen molar-refractivity contribution < 1.29 is 14.3 Å². The number of nitrogens with zero attached hydrogens (tertiary/aromatic N) is 1. The summed E-state index contributed by atoms with van der Waals surface area (Å²) < 4.78 is 4.47. The Bertz CT molecular complexity index is 434. The Kier molecular flexibility index (Phi) is 4.27. The molecule has 0 aliphatic rings. The molecule has 0 atom stereocenters. The van der Waals surface area contributed by atoms with Crippen LogP contribution in [0.25, 0.3) is 0 Å². The molecule has 5 N–H and O–H groups in total. The van der Waals surface area contributed by atoms with Gasteiger partial charge >= 0.3 is 5.97 Å². The lowest BCUT2D eigenvalue weighted by Crippen LogP contribution is -2.17. The Balaban J connectivity index is 2.70. The van der Waals surface area contributed by atoms with Crippen LogP contribution in [0.3, 0.4) is 0 Å². The van der Waals surface area contributed by atoms with E-state index in [1.165, 1.54) is 19.4 Å². The molecule has 1 heterocycles. The van der Waals surface area contributed by atoms with Gasteiger partial charge in [-0.25, -0.2) is 4.98 Å². The van der Waals surface area contributed by atoms with Gasteiger partial charge in [0.2, 0.25) is 0 Å². The molecule has 1 rings (SSSR count). The van der Waals surface area contributed by atoms with Gasteiger partial charge in [0.25, 0.3) is 5.91 Å². The Hall–Kier alpha value is -2.31. The number of hydrogen-bond donors (Lipinski definition) is 3. The topological polar surface area (TPSA) is 120 Å². The molecule has 0 bridgehead atoms. The maximum atomic E-state index is 11.1. The van der Waals surface area contributed by atoms with E-state index in [9.17, 15) is 9.59 Å². The molecule has 1 aromatic heterocycles. The fourth-order valence-corrected chi connectivity index (χ4v) is 1.19. The van der Waals surface area contributed by atoms with E-state index in [2.05, 4.69) is 15.0 Å². The molecule has 7 nitrogen and oxygen atoms in total. The number of rotatable bonds is 5. The molecule has 0 aliphatic carbocycles. The van der Waals surface area contributed by atoms with Crippen LogP contribution in [0, 0.1) is 0 Å². The van der Waals surface area contributed by atoms with Crippen molar-refractivity contribution in [1.82, 2.24) is 4.98 Å². The van der Waals surface area contributed by atoms with Gasteiger partial charge < -0.3 is 21.5 Å². The molecule has 1 aromatic rings. The number of esters is 1. The minimum Gasteiger partial charge on any atom is -0.469 e. The molecule has 0 saturated carbocycles. The molecule has 0 aromatic carbocycles. The van der Waals surface area contributed by atoms with E-state index in [-0.39, 0.29) is 18.0 Å². The standard InChI is InChI=1S/C10H14N4O3/c1-17-8(15)2-3-13-10-7(9(12)16)4-6(11)5-14-10/h4-5H,2-3,11H2,1H3,(H2,12,16)(H,13,14). The zero-order valence-corrected chi connectivity index (χ0v) is 9.40. The quantitative estimate of drug-likeness (QED) is 0.608. The van der Waals surface area contributed by atoms with Crippen molar-refractivity contribution in [3.63, 3.8) is 0 Å². The Labute approximate surface area is 98.1 Å². The van der Waals surface area contributed by atoms with Crippen LogP contribution >= 0.6 is 0 Å². The molecule has 0 unspecified atom stereocenters. The maximum Gasteiger partial charge on any atom is 0.307 e. The van der Waals surface area contributed by atoms with Crippen molar-refractivity contribution in [3.8, 4) is 0 Å². The number of hydrogen-bond acceptors (Lipinski definition) is 6. The van der Waals surface area contributed by atoms with Crippen molar-refractivity contribution in [2.45, 2.75) is 6.42 Å².